The molecule has 1 rings (SSSR count). The molecule has 1 aliphatic carbocycles. The normalized spacial score (nSPS) is 27.1. The monoisotopic (exact) mass is 215 g/mol. The van der Waals surface area contributed by atoms with Gasteiger partial charge in [-0.3, -0.25) is 0 Å². The molecular formula is C10H21N3O2. The summed E-state index contributed by atoms with van der Waals surface area (Å²) >= 11 is 0. The minimum atomic E-state index is -0.124. The van der Waals surface area contributed by atoms with Crippen LogP contribution in [0.2, 0.25) is 0 Å². The van der Waals surface area contributed by atoms with Crippen LogP contribution in [0.25, 0.3) is 0 Å². The largest absolute Gasteiger partial charge is 0.409 e. The second-order valence-electron chi connectivity index (χ2n) is 4.16. The van der Waals surface area contributed by atoms with Crippen molar-refractivity contribution in [2.45, 2.75) is 38.2 Å². The van der Waals surface area contributed by atoms with E-state index in [4.69, 9.17) is 10.9 Å². The lowest BCUT2D eigenvalue weighted by Gasteiger charge is -2.14. The molecule has 88 valence electrons. The van der Waals surface area contributed by atoms with Crippen LogP contribution in [0.15, 0.2) is 5.16 Å². The van der Waals surface area contributed by atoms with Crippen LogP contribution in [0.4, 0.5) is 0 Å². The molecule has 2 unspecified atom stereocenters. The molecular weight excluding hydrogens is 194 g/mol. The summed E-state index contributed by atoms with van der Waals surface area (Å²) < 4.78 is 0. The Morgan fingerprint density at radius 3 is 2.87 bits per heavy atom. The van der Waals surface area contributed by atoms with Crippen LogP contribution < -0.4 is 11.1 Å². The van der Waals surface area contributed by atoms with E-state index < -0.39 is 0 Å². The number of hydrogen-bond donors (Lipinski definition) is 4. The van der Waals surface area contributed by atoms with Gasteiger partial charge in [-0.15, -0.1) is 0 Å². The summed E-state index contributed by atoms with van der Waals surface area (Å²) in [5.74, 6) is 0.687. The number of aliphatic hydroxyl groups is 1. The van der Waals surface area contributed by atoms with Crippen LogP contribution in [0, 0.1) is 5.92 Å². The Labute approximate surface area is 90.3 Å². The number of rotatable bonds is 6. The third kappa shape index (κ3) is 4.48. The molecule has 0 radical (unpaired) electrons. The van der Waals surface area contributed by atoms with Crippen molar-refractivity contribution in [3.63, 3.8) is 0 Å². The van der Waals surface area contributed by atoms with Crippen molar-refractivity contribution < 1.29 is 10.3 Å². The number of nitrogens with one attached hydrogen (secondary N) is 1. The minimum absolute atomic E-state index is 0.124. The maximum Gasteiger partial charge on any atom is 0.139 e. The van der Waals surface area contributed by atoms with Crippen molar-refractivity contribution >= 4 is 5.84 Å². The van der Waals surface area contributed by atoms with Crippen molar-refractivity contribution in [1.29, 1.82) is 0 Å². The molecule has 0 aromatic heterocycles. The van der Waals surface area contributed by atoms with E-state index in [2.05, 4.69) is 10.5 Å². The van der Waals surface area contributed by atoms with Gasteiger partial charge in [-0.2, -0.15) is 0 Å². The predicted octanol–water partition coefficient (Wildman–Crippen LogP) is 0.264. The number of aliphatic hydroxyl groups excluding tert-OH is 1. The van der Waals surface area contributed by atoms with Crippen LogP contribution >= 0.6 is 0 Å². The van der Waals surface area contributed by atoms with Gasteiger partial charge in [0.15, 0.2) is 0 Å². The van der Waals surface area contributed by atoms with Crippen molar-refractivity contribution in [3.8, 4) is 0 Å². The molecule has 0 bridgehead atoms. The molecule has 5 heteroatoms. The molecule has 1 fully saturated rings. The Hall–Kier alpha value is -0.810. The van der Waals surface area contributed by atoms with Crippen LogP contribution in [-0.2, 0) is 0 Å². The Balaban J connectivity index is 1.97. The molecule has 1 aliphatic rings. The fourth-order valence-electron chi connectivity index (χ4n) is 1.99. The van der Waals surface area contributed by atoms with E-state index in [0.29, 0.717) is 12.3 Å². The first-order valence-corrected chi connectivity index (χ1v) is 5.59. The van der Waals surface area contributed by atoms with Crippen LogP contribution in [-0.4, -0.2) is 35.3 Å². The summed E-state index contributed by atoms with van der Waals surface area (Å²) in [4.78, 5) is 0. The zero-order chi connectivity index (χ0) is 11.1. The van der Waals surface area contributed by atoms with Gasteiger partial charge in [0.1, 0.15) is 5.84 Å². The number of nitrogens with zero attached hydrogens (tertiary/aromatic N) is 1. The maximum atomic E-state index is 9.56. The third-order valence-corrected chi connectivity index (χ3v) is 2.94. The predicted molar refractivity (Wildman–Crippen MR) is 58.9 cm³/mol. The Morgan fingerprint density at radius 1 is 1.47 bits per heavy atom. The standard InChI is InChI=1S/C10H21N3O2/c11-10(13-15)5-2-6-12-7-8-3-1-4-9(8)14/h8-9,12,14-15H,1-7H2,(H2,11,13). The van der Waals surface area contributed by atoms with E-state index >= 15 is 0 Å². The summed E-state index contributed by atoms with van der Waals surface area (Å²) in [6.45, 7) is 1.72. The van der Waals surface area contributed by atoms with Gasteiger partial charge in [0, 0.05) is 13.0 Å². The van der Waals surface area contributed by atoms with Crippen LogP contribution in [0.5, 0.6) is 0 Å². The zero-order valence-corrected chi connectivity index (χ0v) is 9.02. The van der Waals surface area contributed by atoms with Gasteiger partial charge in [0.05, 0.1) is 6.10 Å². The highest BCUT2D eigenvalue weighted by molar-refractivity contribution is 5.79. The second-order valence-corrected chi connectivity index (χ2v) is 4.16. The Bertz CT molecular complexity index is 209. The number of oxime groups is 1. The van der Waals surface area contributed by atoms with E-state index in [0.717, 1.165) is 38.8 Å². The SMILES string of the molecule is NC(CCCNCC1CCCC1O)=NO. The first-order chi connectivity index (χ1) is 7.24. The molecule has 15 heavy (non-hydrogen) atoms. The lowest BCUT2D eigenvalue weighted by molar-refractivity contribution is 0.132. The van der Waals surface area contributed by atoms with E-state index in [1.165, 1.54) is 0 Å². The lowest BCUT2D eigenvalue weighted by atomic mass is 10.1. The summed E-state index contributed by atoms with van der Waals surface area (Å²) in [6.07, 6.45) is 4.54. The highest BCUT2D eigenvalue weighted by Gasteiger charge is 2.24. The second kappa shape index (κ2) is 6.63. The van der Waals surface area contributed by atoms with Crippen molar-refractivity contribution in [1.82, 2.24) is 5.32 Å². The molecule has 0 spiro atoms. The van der Waals surface area contributed by atoms with Gasteiger partial charge in [-0.25, -0.2) is 0 Å². The van der Waals surface area contributed by atoms with Crippen molar-refractivity contribution in [2.24, 2.45) is 16.8 Å². The topological polar surface area (TPSA) is 90.9 Å². The molecule has 1 saturated carbocycles. The smallest absolute Gasteiger partial charge is 0.139 e. The molecule has 0 amide bonds. The highest BCUT2D eigenvalue weighted by Crippen LogP contribution is 2.24. The molecule has 0 aliphatic heterocycles. The molecule has 5 nitrogen and oxygen atoms in total. The lowest BCUT2D eigenvalue weighted by Crippen LogP contribution is -2.29. The molecule has 2 atom stereocenters. The quantitative estimate of drug-likeness (QED) is 0.168. The van der Waals surface area contributed by atoms with Gasteiger partial charge >= 0.3 is 0 Å². The van der Waals surface area contributed by atoms with Gasteiger partial charge in [0.2, 0.25) is 0 Å². The van der Waals surface area contributed by atoms with Gasteiger partial charge < -0.3 is 21.4 Å². The van der Waals surface area contributed by atoms with E-state index in [1.807, 2.05) is 0 Å². The average Bonchev–Trinajstić information content (AvgIpc) is 2.63. The van der Waals surface area contributed by atoms with Crippen LogP contribution in [0.3, 0.4) is 0 Å². The van der Waals surface area contributed by atoms with E-state index in [9.17, 15) is 5.11 Å². The molecule has 0 saturated heterocycles. The van der Waals surface area contributed by atoms with E-state index in [-0.39, 0.29) is 11.9 Å². The average molecular weight is 215 g/mol. The molecule has 0 aromatic carbocycles. The molecule has 0 aromatic rings. The van der Waals surface area contributed by atoms with Gasteiger partial charge in [0.25, 0.3) is 0 Å². The Morgan fingerprint density at radius 2 is 2.27 bits per heavy atom. The number of hydrogen-bond acceptors (Lipinski definition) is 4. The highest BCUT2D eigenvalue weighted by atomic mass is 16.4. The van der Waals surface area contributed by atoms with Crippen molar-refractivity contribution in [2.75, 3.05) is 13.1 Å². The minimum Gasteiger partial charge on any atom is -0.409 e. The zero-order valence-electron chi connectivity index (χ0n) is 9.02. The molecule has 0 heterocycles. The summed E-state index contributed by atoms with van der Waals surface area (Å²) in [7, 11) is 0. The first-order valence-electron chi connectivity index (χ1n) is 5.59. The first kappa shape index (κ1) is 12.3. The summed E-state index contributed by atoms with van der Waals surface area (Å²) in [6, 6.07) is 0. The maximum absolute atomic E-state index is 9.56. The van der Waals surface area contributed by atoms with Crippen molar-refractivity contribution in [3.05, 3.63) is 0 Å². The fraction of sp³-hybridized carbons (Fsp3) is 0.900. The van der Waals surface area contributed by atoms with Crippen LogP contribution in [0.1, 0.15) is 32.1 Å². The summed E-state index contributed by atoms with van der Waals surface area (Å²) in [5, 5.41) is 24.1. The third-order valence-electron chi connectivity index (χ3n) is 2.94. The summed E-state index contributed by atoms with van der Waals surface area (Å²) in [5.41, 5.74) is 5.33. The number of amidine groups is 1. The number of nitrogens with two attached hydrogens (primary N) is 1. The van der Waals surface area contributed by atoms with Gasteiger partial charge in [-0.05, 0) is 31.7 Å². The fourth-order valence-corrected chi connectivity index (χ4v) is 1.99. The van der Waals surface area contributed by atoms with E-state index in [1.54, 1.807) is 0 Å². The Kier molecular flexibility index (Phi) is 5.42. The van der Waals surface area contributed by atoms with Gasteiger partial charge in [-0.1, -0.05) is 11.6 Å². The molecule has 5 N–H and O–H groups in total.